The van der Waals surface area contributed by atoms with E-state index in [1.54, 1.807) is 0 Å². The molecule has 2 unspecified atom stereocenters. The Kier molecular flexibility index (Phi) is 6.52. The number of hydrogen-bond donors (Lipinski definition) is 2. The van der Waals surface area contributed by atoms with Crippen LogP contribution in [0.15, 0.2) is 72.8 Å². The van der Waals surface area contributed by atoms with Crippen LogP contribution in [-0.2, 0) is 11.2 Å². The van der Waals surface area contributed by atoms with Gasteiger partial charge in [-0.15, -0.1) is 0 Å². The second-order valence-electron chi connectivity index (χ2n) is 9.28. The van der Waals surface area contributed by atoms with E-state index in [0.29, 0.717) is 19.1 Å². The molecule has 0 bridgehead atoms. The van der Waals surface area contributed by atoms with Crippen LogP contribution in [0.3, 0.4) is 0 Å². The molecule has 0 radical (unpaired) electrons. The molecule has 0 aromatic heterocycles. The highest BCUT2D eigenvalue weighted by Crippen LogP contribution is 2.43. The molecule has 1 aliphatic carbocycles. The maximum Gasteiger partial charge on any atom is 0.0898 e. The van der Waals surface area contributed by atoms with Gasteiger partial charge in [0.2, 0.25) is 0 Å². The van der Waals surface area contributed by atoms with Crippen LogP contribution in [0, 0.1) is 5.92 Å². The summed E-state index contributed by atoms with van der Waals surface area (Å²) >= 11 is 0. The van der Waals surface area contributed by atoms with Crippen LogP contribution in [0.2, 0.25) is 0 Å². The van der Waals surface area contributed by atoms with E-state index < -0.39 is 6.10 Å². The van der Waals surface area contributed by atoms with E-state index >= 15 is 0 Å². The zero-order valence-electron chi connectivity index (χ0n) is 18.1. The molecule has 3 nitrogen and oxygen atoms in total. The fourth-order valence-electron chi connectivity index (χ4n) is 4.14. The summed E-state index contributed by atoms with van der Waals surface area (Å²) in [6.45, 7) is 5.25. The SMILES string of the molecule is CC(C)(Cc1ccc2ccccc2c1)NCC(O)COC(c1ccccc1)C1CC1. The molecule has 2 N–H and O–H groups in total. The zero-order chi connectivity index (χ0) is 21.0. The third kappa shape index (κ3) is 5.69. The molecule has 4 rings (SSSR count). The lowest BCUT2D eigenvalue weighted by molar-refractivity contribution is -0.0211. The van der Waals surface area contributed by atoms with Crippen LogP contribution >= 0.6 is 0 Å². The van der Waals surface area contributed by atoms with Crippen molar-refractivity contribution < 1.29 is 9.84 Å². The predicted octanol–water partition coefficient (Wildman–Crippen LogP) is 5.28. The van der Waals surface area contributed by atoms with Crippen LogP contribution < -0.4 is 5.32 Å². The van der Waals surface area contributed by atoms with Gasteiger partial charge < -0.3 is 15.2 Å². The average Bonchev–Trinajstić information content (AvgIpc) is 3.58. The van der Waals surface area contributed by atoms with Crippen molar-refractivity contribution in [1.82, 2.24) is 5.32 Å². The number of aliphatic hydroxyl groups is 1. The summed E-state index contributed by atoms with van der Waals surface area (Å²) in [5.41, 5.74) is 2.41. The minimum absolute atomic E-state index is 0.103. The van der Waals surface area contributed by atoms with Crippen molar-refractivity contribution in [2.45, 2.75) is 50.9 Å². The first kappa shape index (κ1) is 21.0. The fourth-order valence-corrected chi connectivity index (χ4v) is 4.14. The predicted molar refractivity (Wildman–Crippen MR) is 124 cm³/mol. The van der Waals surface area contributed by atoms with Gasteiger partial charge in [0.05, 0.1) is 18.8 Å². The number of ether oxygens (including phenoxy) is 1. The van der Waals surface area contributed by atoms with E-state index in [4.69, 9.17) is 4.74 Å². The number of rotatable bonds is 10. The largest absolute Gasteiger partial charge is 0.389 e. The highest BCUT2D eigenvalue weighted by Gasteiger charge is 2.33. The molecule has 3 aromatic carbocycles. The third-order valence-electron chi connectivity index (χ3n) is 5.92. The van der Waals surface area contributed by atoms with Crippen LogP contribution in [0.1, 0.15) is 43.9 Å². The van der Waals surface area contributed by atoms with E-state index in [-0.39, 0.29) is 11.6 Å². The molecule has 3 aromatic rings. The Bertz CT molecular complexity index is 949. The normalized spacial score (nSPS) is 16.5. The highest BCUT2D eigenvalue weighted by atomic mass is 16.5. The van der Waals surface area contributed by atoms with Crippen LogP contribution in [0.25, 0.3) is 10.8 Å². The maximum atomic E-state index is 10.5. The van der Waals surface area contributed by atoms with Gasteiger partial charge in [-0.2, -0.15) is 0 Å². The minimum Gasteiger partial charge on any atom is -0.389 e. The van der Waals surface area contributed by atoms with Gasteiger partial charge in [-0.25, -0.2) is 0 Å². The number of nitrogens with one attached hydrogen (secondary N) is 1. The number of aliphatic hydroxyl groups excluding tert-OH is 1. The Morgan fingerprint density at radius 1 is 0.967 bits per heavy atom. The molecular weight excluding hydrogens is 370 g/mol. The Morgan fingerprint density at radius 3 is 2.40 bits per heavy atom. The highest BCUT2D eigenvalue weighted by molar-refractivity contribution is 5.83. The first-order valence-electron chi connectivity index (χ1n) is 11.1. The molecule has 2 atom stereocenters. The van der Waals surface area contributed by atoms with Crippen molar-refractivity contribution in [2.24, 2.45) is 5.92 Å². The van der Waals surface area contributed by atoms with Crippen molar-refractivity contribution in [3.8, 4) is 0 Å². The summed E-state index contributed by atoms with van der Waals surface area (Å²) in [5.74, 6) is 0.594. The molecule has 158 valence electrons. The van der Waals surface area contributed by atoms with Gasteiger partial charge in [0, 0.05) is 12.1 Å². The summed E-state index contributed by atoms with van der Waals surface area (Å²) in [6, 6.07) is 25.5. The van der Waals surface area contributed by atoms with Crippen molar-refractivity contribution >= 4 is 10.8 Å². The fraction of sp³-hybridized carbons (Fsp3) is 0.407. The van der Waals surface area contributed by atoms with Crippen molar-refractivity contribution in [3.63, 3.8) is 0 Å². The zero-order valence-corrected chi connectivity index (χ0v) is 18.1. The molecule has 1 saturated carbocycles. The van der Waals surface area contributed by atoms with E-state index in [0.717, 1.165) is 6.42 Å². The molecule has 0 spiro atoms. The Hall–Kier alpha value is -2.20. The Balaban J connectivity index is 1.28. The summed E-state index contributed by atoms with van der Waals surface area (Å²) in [6.07, 6.45) is 2.91. The van der Waals surface area contributed by atoms with E-state index in [9.17, 15) is 5.11 Å². The number of fused-ring (bicyclic) bond motifs is 1. The van der Waals surface area contributed by atoms with Crippen molar-refractivity contribution in [1.29, 1.82) is 0 Å². The molecule has 0 amide bonds. The third-order valence-corrected chi connectivity index (χ3v) is 5.92. The molecule has 0 heterocycles. The van der Waals surface area contributed by atoms with Crippen LogP contribution in [0.5, 0.6) is 0 Å². The van der Waals surface area contributed by atoms with Gasteiger partial charge in [0.1, 0.15) is 0 Å². The van der Waals surface area contributed by atoms with Gasteiger partial charge in [-0.3, -0.25) is 0 Å². The first-order valence-corrected chi connectivity index (χ1v) is 11.1. The van der Waals surface area contributed by atoms with Crippen molar-refractivity contribution in [3.05, 3.63) is 83.9 Å². The number of β-amino-alcohol motifs (C(OH)–C–C–N with tert-alkyl or cyclic N) is 1. The van der Waals surface area contributed by atoms with E-state index in [2.05, 4.69) is 85.9 Å². The summed E-state index contributed by atoms with van der Waals surface area (Å²) < 4.78 is 6.16. The van der Waals surface area contributed by atoms with Crippen LogP contribution in [0.4, 0.5) is 0 Å². The van der Waals surface area contributed by atoms with Crippen LogP contribution in [-0.4, -0.2) is 29.9 Å². The first-order chi connectivity index (χ1) is 14.5. The number of hydrogen-bond acceptors (Lipinski definition) is 3. The monoisotopic (exact) mass is 403 g/mol. The molecule has 1 aliphatic rings. The standard InChI is InChI=1S/C27H33NO2/c1-27(2,17-20-12-13-21-8-6-7-11-24(21)16-20)28-18-25(29)19-30-26(23-14-15-23)22-9-4-3-5-10-22/h3-13,16,23,25-26,28-29H,14-15,17-19H2,1-2H3. The lowest BCUT2D eigenvalue weighted by atomic mass is 9.93. The topological polar surface area (TPSA) is 41.5 Å². The molecule has 0 saturated heterocycles. The summed E-state index contributed by atoms with van der Waals surface area (Å²) in [7, 11) is 0. The molecule has 3 heteroatoms. The molecule has 30 heavy (non-hydrogen) atoms. The Labute approximate surface area is 180 Å². The lowest BCUT2D eigenvalue weighted by Gasteiger charge is -2.29. The lowest BCUT2D eigenvalue weighted by Crippen LogP contribution is -2.46. The van der Waals surface area contributed by atoms with E-state index in [1.165, 1.54) is 34.7 Å². The second-order valence-corrected chi connectivity index (χ2v) is 9.28. The smallest absolute Gasteiger partial charge is 0.0898 e. The minimum atomic E-state index is -0.522. The second kappa shape index (κ2) is 9.30. The van der Waals surface area contributed by atoms with Gasteiger partial charge in [0.15, 0.2) is 0 Å². The quantitative estimate of drug-likeness (QED) is 0.484. The summed E-state index contributed by atoms with van der Waals surface area (Å²) in [4.78, 5) is 0. The van der Waals surface area contributed by atoms with Gasteiger partial charge in [-0.1, -0.05) is 72.8 Å². The maximum absolute atomic E-state index is 10.5. The van der Waals surface area contributed by atoms with Gasteiger partial charge >= 0.3 is 0 Å². The molecular formula is C27H33NO2. The van der Waals surface area contributed by atoms with Gasteiger partial charge in [0.25, 0.3) is 0 Å². The van der Waals surface area contributed by atoms with Crippen molar-refractivity contribution in [2.75, 3.05) is 13.2 Å². The molecule has 0 aliphatic heterocycles. The van der Waals surface area contributed by atoms with Gasteiger partial charge in [-0.05, 0) is 60.9 Å². The molecule has 1 fully saturated rings. The Morgan fingerprint density at radius 2 is 1.67 bits per heavy atom. The average molecular weight is 404 g/mol. The summed E-state index contributed by atoms with van der Waals surface area (Å²) in [5, 5.41) is 16.6. The number of benzene rings is 3. The van der Waals surface area contributed by atoms with E-state index in [1.807, 2.05) is 6.07 Å².